The molecular weight excluding hydrogens is 376 g/mol. The zero-order valence-corrected chi connectivity index (χ0v) is 16.7. The smallest absolute Gasteiger partial charge is 0.282 e. The lowest BCUT2D eigenvalue weighted by molar-refractivity contribution is -0.134. The van der Waals surface area contributed by atoms with E-state index in [1.807, 2.05) is 0 Å². The van der Waals surface area contributed by atoms with Crippen LogP contribution in [0.3, 0.4) is 0 Å². The molecule has 0 saturated heterocycles. The summed E-state index contributed by atoms with van der Waals surface area (Å²) in [6.07, 6.45) is 0.298. The minimum atomic E-state index is -1.42. The van der Waals surface area contributed by atoms with Crippen LogP contribution >= 0.6 is 0 Å². The van der Waals surface area contributed by atoms with Crippen molar-refractivity contribution in [2.45, 2.75) is 26.7 Å². The summed E-state index contributed by atoms with van der Waals surface area (Å²) in [5, 5.41) is 4.20. The average Bonchev–Trinajstić information content (AvgIpc) is 2.68. The van der Waals surface area contributed by atoms with Crippen molar-refractivity contribution in [1.29, 1.82) is 0 Å². The maximum absolute atomic E-state index is 13.0. The Morgan fingerprint density at radius 1 is 1.03 bits per heavy atom. The third-order valence-electron chi connectivity index (χ3n) is 4.92. The van der Waals surface area contributed by atoms with Crippen molar-refractivity contribution in [3.05, 3.63) is 45.9 Å². The fourth-order valence-corrected chi connectivity index (χ4v) is 3.55. The maximum atomic E-state index is 13.0. The number of ketones is 3. The highest BCUT2D eigenvalue weighted by Gasteiger charge is 2.40. The Kier molecular flexibility index (Phi) is 5.63. The number of nitrogens with zero attached hydrogens (tertiary/aromatic N) is 2. The minimum Gasteiger partial charge on any atom is -0.493 e. The van der Waals surface area contributed by atoms with Crippen molar-refractivity contribution in [2.24, 2.45) is 11.8 Å². The van der Waals surface area contributed by atoms with Gasteiger partial charge in [0.1, 0.15) is 5.92 Å². The van der Waals surface area contributed by atoms with Gasteiger partial charge in [0.25, 0.3) is 5.56 Å². The number of aromatic nitrogens is 2. The normalized spacial score (nSPS) is 19.2. The lowest BCUT2D eigenvalue weighted by Gasteiger charge is -2.22. The summed E-state index contributed by atoms with van der Waals surface area (Å²) in [7, 11) is 2.95. The zero-order valence-electron chi connectivity index (χ0n) is 16.7. The fraction of sp³-hybridized carbons (Fsp3) is 0.381. The summed E-state index contributed by atoms with van der Waals surface area (Å²) in [6, 6.07) is 6.09. The van der Waals surface area contributed by atoms with Gasteiger partial charge in [-0.3, -0.25) is 19.2 Å². The van der Waals surface area contributed by atoms with Gasteiger partial charge in [-0.05, 0) is 31.0 Å². The molecule has 0 aliphatic heterocycles. The number of carbonyl (C=O) groups is 3. The van der Waals surface area contributed by atoms with Gasteiger partial charge in [0.05, 0.1) is 31.2 Å². The number of hydrogen-bond acceptors (Lipinski definition) is 7. The summed E-state index contributed by atoms with van der Waals surface area (Å²) in [5.74, 6) is -2.30. The van der Waals surface area contributed by atoms with Gasteiger partial charge in [0.15, 0.2) is 28.8 Å². The largest absolute Gasteiger partial charge is 0.493 e. The van der Waals surface area contributed by atoms with E-state index in [1.54, 1.807) is 32.0 Å². The summed E-state index contributed by atoms with van der Waals surface area (Å²) >= 11 is 0. The number of carbonyl (C=O) groups excluding carboxylic acids is 3. The highest BCUT2D eigenvalue weighted by molar-refractivity contribution is 6.25. The van der Waals surface area contributed by atoms with Crippen LogP contribution in [0.4, 0.5) is 0 Å². The van der Waals surface area contributed by atoms with E-state index < -0.39 is 28.8 Å². The number of rotatable bonds is 5. The van der Waals surface area contributed by atoms with E-state index in [9.17, 15) is 19.2 Å². The molecule has 0 atom stereocenters. The second-order valence-corrected chi connectivity index (χ2v) is 7.20. The molecule has 1 heterocycles. The second-order valence-electron chi connectivity index (χ2n) is 7.20. The number of ether oxygens (including phenoxy) is 2. The molecule has 0 unspecified atom stereocenters. The van der Waals surface area contributed by atoms with Crippen LogP contribution < -0.4 is 15.0 Å². The third kappa shape index (κ3) is 3.83. The van der Waals surface area contributed by atoms with Crippen LogP contribution in [0.2, 0.25) is 0 Å². The van der Waals surface area contributed by atoms with Crippen LogP contribution in [0.15, 0.2) is 29.1 Å². The van der Waals surface area contributed by atoms with Gasteiger partial charge in [0.2, 0.25) is 0 Å². The predicted molar refractivity (Wildman–Crippen MR) is 104 cm³/mol. The van der Waals surface area contributed by atoms with Crippen molar-refractivity contribution < 1.29 is 23.9 Å². The number of hydrogen-bond donors (Lipinski definition) is 0. The summed E-state index contributed by atoms with van der Waals surface area (Å²) in [4.78, 5) is 50.7. The van der Waals surface area contributed by atoms with Crippen LogP contribution in [0.5, 0.6) is 11.5 Å². The first-order chi connectivity index (χ1) is 13.8. The van der Waals surface area contributed by atoms with E-state index in [0.717, 1.165) is 4.68 Å². The Morgan fingerprint density at radius 2 is 1.66 bits per heavy atom. The first kappa shape index (κ1) is 20.4. The topological polar surface area (TPSA) is 105 Å². The molecule has 1 aromatic carbocycles. The monoisotopic (exact) mass is 398 g/mol. The van der Waals surface area contributed by atoms with E-state index in [0.29, 0.717) is 22.9 Å². The molecule has 0 spiro atoms. The van der Waals surface area contributed by atoms with Crippen molar-refractivity contribution in [3.63, 3.8) is 0 Å². The highest BCUT2D eigenvalue weighted by atomic mass is 16.5. The summed E-state index contributed by atoms with van der Waals surface area (Å²) in [5.41, 5.74) is -0.173. The van der Waals surface area contributed by atoms with Gasteiger partial charge in [0, 0.05) is 18.9 Å². The van der Waals surface area contributed by atoms with Crippen LogP contribution in [0, 0.1) is 18.8 Å². The Bertz CT molecular complexity index is 1040. The average molecular weight is 398 g/mol. The Hall–Kier alpha value is -3.29. The molecule has 1 fully saturated rings. The molecule has 29 heavy (non-hydrogen) atoms. The molecule has 8 nitrogen and oxygen atoms in total. The van der Waals surface area contributed by atoms with Crippen LogP contribution in [0.1, 0.15) is 35.8 Å². The molecular formula is C21H22N2O6. The third-order valence-corrected chi connectivity index (χ3v) is 4.92. The van der Waals surface area contributed by atoms with E-state index in [1.165, 1.54) is 20.3 Å². The van der Waals surface area contributed by atoms with E-state index in [4.69, 9.17) is 9.47 Å². The fourth-order valence-electron chi connectivity index (χ4n) is 3.55. The minimum absolute atomic E-state index is 0.0957. The maximum Gasteiger partial charge on any atom is 0.282 e. The molecule has 0 N–H and O–H groups in total. The second kappa shape index (κ2) is 7.98. The Balaban J connectivity index is 2.09. The van der Waals surface area contributed by atoms with Gasteiger partial charge >= 0.3 is 0 Å². The Morgan fingerprint density at radius 3 is 2.24 bits per heavy atom. The van der Waals surface area contributed by atoms with Crippen LogP contribution in [-0.2, 0) is 9.59 Å². The summed E-state index contributed by atoms with van der Waals surface area (Å²) in [6.45, 7) is 3.41. The first-order valence-corrected chi connectivity index (χ1v) is 9.19. The Labute approximate surface area is 167 Å². The van der Waals surface area contributed by atoms with Gasteiger partial charge < -0.3 is 9.47 Å². The predicted octanol–water partition coefficient (Wildman–Crippen LogP) is 1.93. The molecule has 0 radical (unpaired) electrons. The number of aryl methyl sites for hydroxylation is 1. The van der Waals surface area contributed by atoms with Crippen molar-refractivity contribution in [3.8, 4) is 17.2 Å². The number of benzene rings is 1. The molecule has 1 saturated carbocycles. The quantitative estimate of drug-likeness (QED) is 0.560. The van der Waals surface area contributed by atoms with E-state index in [-0.39, 0.29) is 24.3 Å². The van der Waals surface area contributed by atoms with Crippen LogP contribution in [0.25, 0.3) is 5.69 Å². The van der Waals surface area contributed by atoms with Gasteiger partial charge in [-0.15, -0.1) is 0 Å². The van der Waals surface area contributed by atoms with Gasteiger partial charge in [-0.1, -0.05) is 6.92 Å². The summed E-state index contributed by atoms with van der Waals surface area (Å²) < 4.78 is 11.5. The molecule has 1 aromatic heterocycles. The lowest BCUT2D eigenvalue weighted by atomic mass is 9.77. The molecule has 1 aliphatic rings. The SMILES string of the molecule is COc1ccc(-n2nc(C)cc(C(=O)C3C(=O)CC(C)CC3=O)c2=O)cc1OC. The van der Waals surface area contributed by atoms with E-state index >= 15 is 0 Å². The number of methoxy groups -OCH3 is 2. The molecule has 3 rings (SSSR count). The first-order valence-electron chi connectivity index (χ1n) is 9.19. The standard InChI is InChI=1S/C21H22N2O6/c1-11-7-15(24)19(16(25)8-11)20(26)14-9-12(2)22-23(21(14)27)13-5-6-17(28-3)18(10-13)29-4/h5-6,9-11,19H,7-8H2,1-4H3. The molecule has 2 aromatic rings. The number of Topliss-reactive ketones (excluding diaryl/α,β-unsaturated/α-hetero) is 3. The van der Waals surface area contributed by atoms with E-state index in [2.05, 4.69) is 5.10 Å². The molecule has 0 amide bonds. The van der Waals surface area contributed by atoms with Gasteiger partial charge in [-0.25, -0.2) is 0 Å². The van der Waals surface area contributed by atoms with Crippen molar-refractivity contribution >= 4 is 17.3 Å². The highest BCUT2D eigenvalue weighted by Crippen LogP contribution is 2.29. The van der Waals surface area contributed by atoms with Crippen molar-refractivity contribution in [2.75, 3.05) is 14.2 Å². The lowest BCUT2D eigenvalue weighted by Crippen LogP contribution is -2.41. The molecule has 0 bridgehead atoms. The molecule has 152 valence electrons. The molecule has 8 heteroatoms. The van der Waals surface area contributed by atoms with Crippen molar-refractivity contribution in [1.82, 2.24) is 9.78 Å². The van der Waals surface area contributed by atoms with Gasteiger partial charge in [-0.2, -0.15) is 9.78 Å². The molecule has 1 aliphatic carbocycles. The zero-order chi connectivity index (χ0) is 21.3. The van der Waals surface area contributed by atoms with Crippen LogP contribution in [-0.4, -0.2) is 41.3 Å².